The first-order chi connectivity index (χ1) is 14.7. The Morgan fingerprint density at radius 2 is 1.63 bits per heavy atom. The molecule has 3 heterocycles. The van der Waals surface area contributed by atoms with Crippen LogP contribution in [0.25, 0.3) is 22.3 Å². The van der Waals surface area contributed by atoms with Gasteiger partial charge in [0.1, 0.15) is 11.5 Å². The number of fused-ring (bicyclic) bond motifs is 1. The van der Waals surface area contributed by atoms with Crippen molar-refractivity contribution in [2.45, 2.75) is 25.8 Å². The Balaban J connectivity index is 1.47. The van der Waals surface area contributed by atoms with Gasteiger partial charge < -0.3 is 9.64 Å². The predicted molar refractivity (Wildman–Crippen MR) is 117 cm³/mol. The first-order valence-corrected chi connectivity index (χ1v) is 10.8. The molecule has 2 aliphatic rings. The molecule has 2 aromatic carbocycles. The largest absolute Gasteiger partial charge is 0.379 e. The number of nitrogens with zero attached hydrogens (tertiary/aromatic N) is 4. The van der Waals surface area contributed by atoms with Gasteiger partial charge in [-0.2, -0.15) is 0 Å². The fourth-order valence-corrected chi connectivity index (χ4v) is 4.56. The highest BCUT2D eigenvalue weighted by Gasteiger charge is 2.28. The summed E-state index contributed by atoms with van der Waals surface area (Å²) in [5.41, 5.74) is 4.66. The van der Waals surface area contributed by atoms with Crippen LogP contribution in [0.5, 0.6) is 0 Å². The standard InChI is InChI=1S/C24H27FN4O/c1-17-2-7-21-22(16-17)26-23(18-3-5-19(25)6-4-18)24(27-21)29-10-8-20(9-11-29)28-12-14-30-15-13-28/h2-7,16,20H,8-15H2,1H3. The second-order valence-corrected chi connectivity index (χ2v) is 8.26. The lowest BCUT2D eigenvalue weighted by molar-refractivity contribution is 0.0115. The Bertz CT molecular complexity index is 1030. The van der Waals surface area contributed by atoms with Crippen molar-refractivity contribution in [2.24, 2.45) is 0 Å². The predicted octanol–water partition coefficient (Wildman–Crippen LogP) is 4.05. The minimum absolute atomic E-state index is 0.240. The van der Waals surface area contributed by atoms with E-state index >= 15 is 0 Å². The molecular weight excluding hydrogens is 379 g/mol. The van der Waals surface area contributed by atoms with Crippen LogP contribution in [-0.2, 0) is 4.74 Å². The van der Waals surface area contributed by atoms with Crippen molar-refractivity contribution in [3.63, 3.8) is 0 Å². The van der Waals surface area contributed by atoms with E-state index in [-0.39, 0.29) is 5.82 Å². The van der Waals surface area contributed by atoms with Gasteiger partial charge in [-0.1, -0.05) is 6.07 Å². The van der Waals surface area contributed by atoms with Crippen LogP contribution in [0.4, 0.5) is 10.2 Å². The molecule has 6 heteroatoms. The van der Waals surface area contributed by atoms with E-state index in [9.17, 15) is 4.39 Å². The number of rotatable bonds is 3. The third kappa shape index (κ3) is 3.89. The maximum Gasteiger partial charge on any atom is 0.155 e. The van der Waals surface area contributed by atoms with Gasteiger partial charge in [-0.05, 0) is 61.7 Å². The number of piperidine rings is 1. The fourth-order valence-electron chi connectivity index (χ4n) is 4.56. The molecule has 0 saturated carbocycles. The normalized spacial score (nSPS) is 18.8. The van der Waals surface area contributed by atoms with E-state index < -0.39 is 0 Å². The molecule has 0 aliphatic carbocycles. The number of halogens is 1. The highest BCUT2D eigenvalue weighted by molar-refractivity contribution is 5.84. The van der Waals surface area contributed by atoms with Crippen LogP contribution in [0.3, 0.4) is 0 Å². The Labute approximate surface area is 176 Å². The molecule has 30 heavy (non-hydrogen) atoms. The van der Waals surface area contributed by atoms with Gasteiger partial charge in [-0.15, -0.1) is 0 Å². The molecular formula is C24H27FN4O. The molecule has 1 aromatic heterocycles. The molecule has 2 fully saturated rings. The molecule has 0 radical (unpaired) electrons. The van der Waals surface area contributed by atoms with Gasteiger partial charge in [0, 0.05) is 37.8 Å². The number of aromatic nitrogens is 2. The zero-order valence-electron chi connectivity index (χ0n) is 17.4. The van der Waals surface area contributed by atoms with E-state index in [2.05, 4.69) is 28.9 Å². The molecule has 156 valence electrons. The zero-order chi connectivity index (χ0) is 20.5. The zero-order valence-corrected chi connectivity index (χ0v) is 17.4. The number of anilines is 1. The molecule has 2 saturated heterocycles. The third-order valence-electron chi connectivity index (χ3n) is 6.25. The topological polar surface area (TPSA) is 41.5 Å². The van der Waals surface area contributed by atoms with Crippen molar-refractivity contribution in [1.29, 1.82) is 0 Å². The number of ether oxygens (including phenoxy) is 1. The lowest BCUT2D eigenvalue weighted by Crippen LogP contribution is -2.49. The average Bonchev–Trinajstić information content (AvgIpc) is 2.79. The highest BCUT2D eigenvalue weighted by atomic mass is 19.1. The minimum atomic E-state index is -0.240. The number of hydrogen-bond donors (Lipinski definition) is 0. The van der Waals surface area contributed by atoms with Crippen molar-refractivity contribution >= 4 is 16.9 Å². The maximum atomic E-state index is 13.5. The summed E-state index contributed by atoms with van der Waals surface area (Å²) in [6, 6.07) is 13.4. The van der Waals surface area contributed by atoms with E-state index in [0.29, 0.717) is 6.04 Å². The first kappa shape index (κ1) is 19.4. The lowest BCUT2D eigenvalue weighted by Gasteiger charge is -2.40. The van der Waals surface area contributed by atoms with E-state index in [1.807, 2.05) is 6.07 Å². The van der Waals surface area contributed by atoms with Gasteiger partial charge in [0.2, 0.25) is 0 Å². The summed E-state index contributed by atoms with van der Waals surface area (Å²) in [6.07, 6.45) is 2.22. The van der Waals surface area contributed by atoms with Gasteiger partial charge >= 0.3 is 0 Å². The highest BCUT2D eigenvalue weighted by Crippen LogP contribution is 2.32. The molecule has 5 rings (SSSR count). The summed E-state index contributed by atoms with van der Waals surface area (Å²) in [5, 5.41) is 0. The molecule has 2 aliphatic heterocycles. The van der Waals surface area contributed by atoms with Crippen LogP contribution >= 0.6 is 0 Å². The van der Waals surface area contributed by atoms with E-state index in [0.717, 1.165) is 85.9 Å². The summed E-state index contributed by atoms with van der Waals surface area (Å²) >= 11 is 0. The van der Waals surface area contributed by atoms with Crippen molar-refractivity contribution in [1.82, 2.24) is 14.9 Å². The Morgan fingerprint density at radius 1 is 0.900 bits per heavy atom. The summed E-state index contributed by atoms with van der Waals surface area (Å²) in [6.45, 7) is 7.68. The van der Waals surface area contributed by atoms with Gasteiger partial charge in [-0.25, -0.2) is 14.4 Å². The summed E-state index contributed by atoms with van der Waals surface area (Å²) in [5.74, 6) is 0.662. The van der Waals surface area contributed by atoms with Crippen LogP contribution in [0.1, 0.15) is 18.4 Å². The fraction of sp³-hybridized carbons (Fsp3) is 0.417. The Hall–Kier alpha value is -2.57. The van der Waals surface area contributed by atoms with Crippen molar-refractivity contribution in [3.8, 4) is 11.3 Å². The van der Waals surface area contributed by atoms with Crippen LogP contribution in [0, 0.1) is 12.7 Å². The number of morpholine rings is 1. The second-order valence-electron chi connectivity index (χ2n) is 8.26. The van der Waals surface area contributed by atoms with E-state index in [1.54, 1.807) is 12.1 Å². The number of benzene rings is 2. The van der Waals surface area contributed by atoms with Gasteiger partial charge in [0.15, 0.2) is 5.82 Å². The molecule has 0 N–H and O–H groups in total. The molecule has 0 spiro atoms. The van der Waals surface area contributed by atoms with Gasteiger partial charge in [0.25, 0.3) is 0 Å². The maximum absolute atomic E-state index is 13.5. The quantitative estimate of drug-likeness (QED) is 0.657. The summed E-state index contributed by atoms with van der Waals surface area (Å²) in [7, 11) is 0. The van der Waals surface area contributed by atoms with Crippen molar-refractivity contribution < 1.29 is 9.13 Å². The van der Waals surface area contributed by atoms with Crippen molar-refractivity contribution in [2.75, 3.05) is 44.3 Å². The van der Waals surface area contributed by atoms with Gasteiger partial charge in [0.05, 0.1) is 24.2 Å². The third-order valence-corrected chi connectivity index (χ3v) is 6.25. The number of hydrogen-bond acceptors (Lipinski definition) is 5. The monoisotopic (exact) mass is 406 g/mol. The SMILES string of the molecule is Cc1ccc2nc(N3CCC(N4CCOCC4)CC3)c(-c3ccc(F)cc3)nc2c1. The van der Waals surface area contributed by atoms with Crippen LogP contribution in [0.2, 0.25) is 0 Å². The number of aryl methyl sites for hydroxylation is 1. The van der Waals surface area contributed by atoms with Crippen LogP contribution in [0.15, 0.2) is 42.5 Å². The molecule has 0 bridgehead atoms. The molecule has 5 nitrogen and oxygen atoms in total. The Morgan fingerprint density at radius 3 is 2.37 bits per heavy atom. The summed E-state index contributed by atoms with van der Waals surface area (Å²) < 4.78 is 19.0. The van der Waals surface area contributed by atoms with Crippen LogP contribution in [-0.4, -0.2) is 60.3 Å². The van der Waals surface area contributed by atoms with E-state index in [4.69, 9.17) is 14.7 Å². The van der Waals surface area contributed by atoms with E-state index in [1.165, 1.54) is 12.1 Å². The molecule has 0 amide bonds. The smallest absolute Gasteiger partial charge is 0.155 e. The minimum Gasteiger partial charge on any atom is -0.379 e. The molecule has 3 aromatic rings. The Kier molecular flexibility index (Phi) is 5.35. The first-order valence-electron chi connectivity index (χ1n) is 10.8. The molecule has 0 unspecified atom stereocenters. The van der Waals surface area contributed by atoms with Crippen molar-refractivity contribution in [3.05, 3.63) is 53.8 Å². The second kappa shape index (κ2) is 8.28. The summed E-state index contributed by atoms with van der Waals surface area (Å²) in [4.78, 5) is 14.9. The molecule has 0 atom stereocenters. The van der Waals surface area contributed by atoms with Crippen LogP contribution < -0.4 is 4.90 Å². The van der Waals surface area contributed by atoms with Gasteiger partial charge in [-0.3, -0.25) is 4.90 Å². The average molecular weight is 407 g/mol. The lowest BCUT2D eigenvalue weighted by atomic mass is 10.0.